The van der Waals surface area contributed by atoms with Crippen molar-refractivity contribution in [2.24, 2.45) is 14.1 Å². The number of nitrogens with zero attached hydrogens (tertiary/aromatic N) is 3. The number of ether oxygens (including phenoxy) is 1. The maximum absolute atomic E-state index is 12.1. The van der Waals surface area contributed by atoms with Crippen LogP contribution in [0.15, 0.2) is 27.8 Å². The number of hydrogen-bond donors (Lipinski definition) is 2. The minimum Gasteiger partial charge on any atom is -0.504 e. The van der Waals surface area contributed by atoms with E-state index >= 15 is 0 Å². The summed E-state index contributed by atoms with van der Waals surface area (Å²) in [7, 11) is 4.40. The van der Waals surface area contributed by atoms with Crippen molar-refractivity contribution in [3.8, 4) is 22.9 Å². The van der Waals surface area contributed by atoms with Gasteiger partial charge in [0.1, 0.15) is 11.3 Å². The van der Waals surface area contributed by atoms with E-state index in [-0.39, 0.29) is 16.9 Å². The Kier molecular flexibility index (Phi) is 3.01. The Morgan fingerprint density at radius 3 is 2.59 bits per heavy atom. The number of rotatable bonds is 2. The van der Waals surface area contributed by atoms with E-state index in [0.717, 1.165) is 4.57 Å². The van der Waals surface area contributed by atoms with Crippen molar-refractivity contribution in [3.05, 3.63) is 39.0 Å². The van der Waals surface area contributed by atoms with Crippen LogP contribution < -0.4 is 16.0 Å². The molecule has 3 aromatic rings. The van der Waals surface area contributed by atoms with Crippen molar-refractivity contribution in [2.45, 2.75) is 0 Å². The predicted octanol–water partition coefficient (Wildman–Crippen LogP) is 0.341. The monoisotopic (exact) mass is 302 g/mol. The summed E-state index contributed by atoms with van der Waals surface area (Å²) in [4.78, 5) is 31.2. The third-order valence-corrected chi connectivity index (χ3v) is 3.55. The van der Waals surface area contributed by atoms with Gasteiger partial charge in [-0.05, 0) is 18.2 Å². The number of benzene rings is 1. The summed E-state index contributed by atoms with van der Waals surface area (Å²) in [6.45, 7) is 0. The van der Waals surface area contributed by atoms with Gasteiger partial charge in [-0.25, -0.2) is 9.78 Å². The number of nitrogens with one attached hydrogen (secondary N) is 1. The summed E-state index contributed by atoms with van der Waals surface area (Å²) >= 11 is 0. The van der Waals surface area contributed by atoms with Crippen LogP contribution >= 0.6 is 0 Å². The highest BCUT2D eigenvalue weighted by molar-refractivity contribution is 5.76. The first-order valence-corrected chi connectivity index (χ1v) is 6.47. The lowest BCUT2D eigenvalue weighted by Crippen LogP contribution is -2.36. The predicted molar refractivity (Wildman–Crippen MR) is 80.2 cm³/mol. The van der Waals surface area contributed by atoms with Crippen molar-refractivity contribution in [1.82, 2.24) is 19.1 Å². The molecular weight excluding hydrogens is 288 g/mol. The number of fused-ring (bicyclic) bond motifs is 1. The van der Waals surface area contributed by atoms with Gasteiger partial charge >= 0.3 is 5.69 Å². The topological polar surface area (TPSA) is 102 Å². The van der Waals surface area contributed by atoms with Crippen LogP contribution in [0.4, 0.5) is 0 Å². The zero-order valence-electron chi connectivity index (χ0n) is 12.2. The minimum atomic E-state index is -0.451. The Bertz CT molecular complexity index is 996. The lowest BCUT2D eigenvalue weighted by atomic mass is 10.2. The molecule has 0 spiro atoms. The quantitative estimate of drug-likeness (QED) is 0.711. The maximum atomic E-state index is 12.1. The first-order chi connectivity index (χ1) is 10.4. The standard InChI is InChI=1S/C14H14N4O4/c1-17-12-10(13(20)18(2)14(17)21)15-11(16-12)7-4-5-9(22-3)8(19)6-7/h4-6,19H,1-3H3,(H,15,16). The first-order valence-electron chi connectivity index (χ1n) is 6.47. The number of aromatic hydroxyl groups is 1. The molecule has 0 radical (unpaired) electrons. The van der Waals surface area contributed by atoms with Gasteiger partial charge in [-0.3, -0.25) is 13.9 Å². The summed E-state index contributed by atoms with van der Waals surface area (Å²) < 4.78 is 7.29. The van der Waals surface area contributed by atoms with Crippen LogP contribution in [0.5, 0.6) is 11.5 Å². The molecule has 8 nitrogen and oxygen atoms in total. The van der Waals surface area contributed by atoms with Gasteiger partial charge in [0.15, 0.2) is 17.1 Å². The molecule has 8 heteroatoms. The molecule has 0 saturated heterocycles. The second-order valence-electron chi connectivity index (χ2n) is 4.88. The largest absolute Gasteiger partial charge is 0.504 e. The van der Waals surface area contributed by atoms with Gasteiger partial charge in [-0.15, -0.1) is 0 Å². The molecule has 0 aliphatic heterocycles. The summed E-state index contributed by atoms with van der Waals surface area (Å²) in [6, 6.07) is 4.76. The number of phenolic OH excluding ortho intramolecular Hbond substituents is 1. The molecule has 22 heavy (non-hydrogen) atoms. The molecule has 0 unspecified atom stereocenters. The molecular formula is C14H14N4O4. The molecule has 2 aromatic heterocycles. The Balaban J connectivity index is 2.28. The van der Waals surface area contributed by atoms with Crippen LogP contribution in [-0.4, -0.2) is 31.3 Å². The molecule has 0 aliphatic rings. The Morgan fingerprint density at radius 1 is 1.23 bits per heavy atom. The van der Waals surface area contributed by atoms with E-state index in [4.69, 9.17) is 4.74 Å². The molecule has 0 aliphatic carbocycles. The van der Waals surface area contributed by atoms with Crippen LogP contribution in [0, 0.1) is 0 Å². The number of H-pyrrole nitrogens is 1. The molecule has 3 rings (SSSR count). The van der Waals surface area contributed by atoms with Crippen molar-refractivity contribution >= 4 is 11.2 Å². The second-order valence-corrected chi connectivity index (χ2v) is 4.88. The second kappa shape index (κ2) is 4.76. The van der Waals surface area contributed by atoms with E-state index in [0.29, 0.717) is 17.1 Å². The van der Waals surface area contributed by atoms with Crippen LogP contribution in [0.25, 0.3) is 22.6 Å². The van der Waals surface area contributed by atoms with E-state index < -0.39 is 11.2 Å². The highest BCUT2D eigenvalue weighted by Crippen LogP contribution is 2.30. The van der Waals surface area contributed by atoms with E-state index in [1.807, 2.05) is 0 Å². The molecule has 0 fully saturated rings. The molecule has 0 atom stereocenters. The van der Waals surface area contributed by atoms with E-state index in [1.165, 1.54) is 24.8 Å². The van der Waals surface area contributed by atoms with Crippen molar-refractivity contribution in [1.29, 1.82) is 0 Å². The average molecular weight is 302 g/mol. The number of imidazole rings is 1. The fourth-order valence-corrected chi connectivity index (χ4v) is 2.30. The summed E-state index contributed by atoms with van der Waals surface area (Å²) in [5, 5.41) is 9.84. The van der Waals surface area contributed by atoms with Gasteiger partial charge in [0.05, 0.1) is 7.11 Å². The Hall–Kier alpha value is -3.03. The number of aryl methyl sites for hydroxylation is 1. The van der Waals surface area contributed by atoms with Crippen LogP contribution in [0.3, 0.4) is 0 Å². The van der Waals surface area contributed by atoms with Crippen molar-refractivity contribution in [2.75, 3.05) is 7.11 Å². The zero-order chi connectivity index (χ0) is 16.0. The maximum Gasteiger partial charge on any atom is 0.332 e. The molecule has 0 amide bonds. The van der Waals surface area contributed by atoms with Gasteiger partial charge in [-0.1, -0.05) is 0 Å². The molecule has 2 heterocycles. The number of hydrogen-bond acceptors (Lipinski definition) is 5. The number of aromatic amines is 1. The molecule has 1 aromatic carbocycles. The van der Waals surface area contributed by atoms with Gasteiger partial charge in [0, 0.05) is 19.7 Å². The summed E-state index contributed by atoms with van der Waals surface area (Å²) in [5.74, 6) is 0.677. The Morgan fingerprint density at radius 2 is 1.95 bits per heavy atom. The average Bonchev–Trinajstić information content (AvgIpc) is 2.96. The molecule has 114 valence electrons. The van der Waals surface area contributed by atoms with E-state index in [2.05, 4.69) is 9.97 Å². The fourth-order valence-electron chi connectivity index (χ4n) is 2.30. The number of phenols is 1. The summed E-state index contributed by atoms with van der Waals surface area (Å²) in [5.41, 5.74) is 0.167. The molecule has 0 saturated carbocycles. The third kappa shape index (κ3) is 1.88. The molecule has 2 N–H and O–H groups in total. The van der Waals surface area contributed by atoms with Gasteiger partial charge in [0.2, 0.25) is 0 Å². The van der Waals surface area contributed by atoms with Crippen LogP contribution in [0.1, 0.15) is 0 Å². The van der Waals surface area contributed by atoms with Gasteiger partial charge in [0.25, 0.3) is 5.56 Å². The number of aromatic nitrogens is 4. The van der Waals surface area contributed by atoms with E-state index in [9.17, 15) is 14.7 Å². The van der Waals surface area contributed by atoms with Crippen LogP contribution in [0.2, 0.25) is 0 Å². The number of methoxy groups -OCH3 is 1. The lowest BCUT2D eigenvalue weighted by Gasteiger charge is -2.04. The van der Waals surface area contributed by atoms with Crippen molar-refractivity contribution < 1.29 is 9.84 Å². The highest BCUT2D eigenvalue weighted by Gasteiger charge is 2.15. The van der Waals surface area contributed by atoms with Gasteiger partial charge < -0.3 is 14.8 Å². The third-order valence-electron chi connectivity index (χ3n) is 3.55. The SMILES string of the molecule is COc1ccc(-c2nc3c([nH]2)c(=O)n(C)c(=O)n3C)cc1O. The van der Waals surface area contributed by atoms with Gasteiger partial charge in [-0.2, -0.15) is 0 Å². The first kappa shape index (κ1) is 13.9. The van der Waals surface area contributed by atoms with Crippen LogP contribution in [-0.2, 0) is 14.1 Å². The normalized spacial score (nSPS) is 11.0. The van der Waals surface area contributed by atoms with E-state index in [1.54, 1.807) is 19.2 Å². The lowest BCUT2D eigenvalue weighted by molar-refractivity contribution is 0.373. The molecule has 0 bridgehead atoms. The van der Waals surface area contributed by atoms with Crippen molar-refractivity contribution in [3.63, 3.8) is 0 Å². The summed E-state index contributed by atoms with van der Waals surface area (Å²) in [6.07, 6.45) is 0. The Labute approximate surface area is 124 Å². The fraction of sp³-hybridized carbons (Fsp3) is 0.214. The minimum absolute atomic E-state index is 0.0396. The highest BCUT2D eigenvalue weighted by atomic mass is 16.5. The smallest absolute Gasteiger partial charge is 0.332 e. The zero-order valence-corrected chi connectivity index (χ0v) is 12.2.